The second-order valence-electron chi connectivity index (χ2n) is 9.37. The average Bonchev–Trinajstić information content (AvgIpc) is 2.79. The lowest BCUT2D eigenvalue weighted by Crippen LogP contribution is -2.60. The Hall–Kier alpha value is -0.120. The van der Waals surface area contributed by atoms with Crippen molar-refractivity contribution < 1.29 is 10.3 Å². The smallest absolute Gasteiger partial charge is 0.143 e. The van der Waals surface area contributed by atoms with Crippen LogP contribution in [0.3, 0.4) is 0 Å². The van der Waals surface area contributed by atoms with E-state index < -0.39 is 5.72 Å². The summed E-state index contributed by atoms with van der Waals surface area (Å²) >= 11 is 0. The van der Waals surface area contributed by atoms with Gasteiger partial charge in [-0.25, -0.2) is 0 Å². The van der Waals surface area contributed by atoms with E-state index >= 15 is 0 Å². The number of fused-ring (bicyclic) bond motifs is 5. The third-order valence-electron chi connectivity index (χ3n) is 8.92. The molecular weight excluding hydrogens is 274 g/mol. The molecule has 4 aliphatic rings. The molecule has 0 spiro atoms. The van der Waals surface area contributed by atoms with Crippen molar-refractivity contribution >= 4 is 0 Å². The minimum Gasteiger partial charge on any atom is -0.373 e. The second kappa shape index (κ2) is 4.94. The van der Waals surface area contributed by atoms with E-state index in [-0.39, 0.29) is 5.41 Å². The average molecular weight is 307 g/mol. The van der Waals surface area contributed by atoms with E-state index in [2.05, 4.69) is 19.3 Å². The monoisotopic (exact) mass is 307 g/mol. The number of nitrogens with one attached hydrogen (secondary N) is 1. The van der Waals surface area contributed by atoms with Crippen molar-refractivity contribution in [2.24, 2.45) is 34.5 Å². The molecule has 0 amide bonds. The van der Waals surface area contributed by atoms with Crippen LogP contribution in [0.2, 0.25) is 0 Å². The van der Waals surface area contributed by atoms with Gasteiger partial charge >= 0.3 is 0 Å². The number of hydroxylamine groups is 1. The molecule has 3 N–H and O–H groups in total. The molecule has 0 aliphatic heterocycles. The molecule has 22 heavy (non-hydrogen) atoms. The topological polar surface area (TPSA) is 52.5 Å². The summed E-state index contributed by atoms with van der Waals surface area (Å²) in [7, 11) is 0. The molecule has 126 valence electrons. The van der Waals surface area contributed by atoms with Gasteiger partial charge in [-0.15, -0.1) is 0 Å². The van der Waals surface area contributed by atoms with Gasteiger partial charge in [0.15, 0.2) is 0 Å². The highest BCUT2D eigenvalue weighted by Crippen LogP contribution is 2.67. The van der Waals surface area contributed by atoms with Crippen molar-refractivity contribution in [2.75, 3.05) is 0 Å². The highest BCUT2D eigenvalue weighted by atomic mass is 16.5. The summed E-state index contributed by atoms with van der Waals surface area (Å²) < 4.78 is 0. The molecule has 0 heterocycles. The third-order valence-corrected chi connectivity index (χ3v) is 8.92. The van der Waals surface area contributed by atoms with Crippen molar-refractivity contribution in [2.45, 2.75) is 83.8 Å². The van der Waals surface area contributed by atoms with Gasteiger partial charge in [0.25, 0.3) is 0 Å². The van der Waals surface area contributed by atoms with Crippen molar-refractivity contribution in [3.8, 4) is 0 Å². The van der Waals surface area contributed by atoms with Gasteiger partial charge in [0.1, 0.15) is 5.72 Å². The van der Waals surface area contributed by atoms with Crippen molar-refractivity contribution in [3.05, 3.63) is 0 Å². The summed E-state index contributed by atoms with van der Waals surface area (Å²) in [6, 6.07) is 0. The molecule has 0 saturated heterocycles. The molecule has 4 aliphatic carbocycles. The second-order valence-corrected chi connectivity index (χ2v) is 9.37. The normalized spacial score (nSPS) is 57.8. The Bertz CT molecular complexity index is 453. The van der Waals surface area contributed by atoms with Crippen LogP contribution in [0.5, 0.6) is 0 Å². The molecule has 0 aromatic rings. The van der Waals surface area contributed by atoms with Gasteiger partial charge in [0.05, 0.1) is 0 Å². The Balaban J connectivity index is 1.65. The third kappa shape index (κ3) is 1.79. The maximum absolute atomic E-state index is 10.9. The summed E-state index contributed by atoms with van der Waals surface area (Å²) in [6.45, 7) is 4.81. The maximum atomic E-state index is 10.9. The zero-order valence-corrected chi connectivity index (χ0v) is 14.3. The molecular formula is C19H33NO2. The first-order valence-electron chi connectivity index (χ1n) is 9.58. The number of hydrogen-bond donors (Lipinski definition) is 3. The molecule has 4 fully saturated rings. The van der Waals surface area contributed by atoms with Crippen LogP contribution in [-0.4, -0.2) is 16.0 Å². The van der Waals surface area contributed by atoms with Gasteiger partial charge in [0.2, 0.25) is 0 Å². The predicted octanol–water partition coefficient (Wildman–Crippen LogP) is 4.09. The van der Waals surface area contributed by atoms with E-state index in [0.29, 0.717) is 17.8 Å². The standard InChI is InChI=1S/C19H33NO2/c1-17-10-4-3-5-13(17)6-7-14-15(17)8-11-18(2)16(14)9-12-19(18,21)20-22/h13-16,20-22H,3-12H2,1-2H3/t13?,14-,15-,16+,17+,18+,19?/m1/s1. The van der Waals surface area contributed by atoms with Gasteiger partial charge in [-0.3, -0.25) is 0 Å². The van der Waals surface area contributed by atoms with E-state index in [1.54, 1.807) is 0 Å². The van der Waals surface area contributed by atoms with Gasteiger partial charge in [0, 0.05) is 5.41 Å². The van der Waals surface area contributed by atoms with E-state index in [1.807, 2.05) is 0 Å². The first-order chi connectivity index (χ1) is 10.4. The Morgan fingerprint density at radius 2 is 1.64 bits per heavy atom. The van der Waals surface area contributed by atoms with Crippen LogP contribution in [0.15, 0.2) is 0 Å². The van der Waals surface area contributed by atoms with E-state index in [9.17, 15) is 10.3 Å². The lowest BCUT2D eigenvalue weighted by atomic mass is 9.45. The first kappa shape index (κ1) is 15.4. The molecule has 7 atom stereocenters. The molecule has 3 nitrogen and oxygen atoms in total. The SMILES string of the molecule is C[C@]12CCCCC1CC[C@@H]1[C@H]2CC[C@@]2(C)[C@H]1CCC2(O)NO. The summed E-state index contributed by atoms with van der Waals surface area (Å²) in [6.07, 6.45) is 12.6. The maximum Gasteiger partial charge on any atom is 0.143 e. The predicted molar refractivity (Wildman–Crippen MR) is 86.2 cm³/mol. The molecule has 0 radical (unpaired) electrons. The number of hydrogen-bond acceptors (Lipinski definition) is 3. The van der Waals surface area contributed by atoms with Crippen molar-refractivity contribution in [1.82, 2.24) is 5.48 Å². The Morgan fingerprint density at radius 3 is 2.41 bits per heavy atom. The van der Waals surface area contributed by atoms with Crippen molar-refractivity contribution in [1.29, 1.82) is 0 Å². The van der Waals surface area contributed by atoms with Crippen LogP contribution >= 0.6 is 0 Å². The molecule has 4 rings (SSSR count). The van der Waals surface area contributed by atoms with Crippen LogP contribution in [-0.2, 0) is 0 Å². The molecule has 0 bridgehead atoms. The minimum absolute atomic E-state index is 0.152. The van der Waals surface area contributed by atoms with E-state index in [0.717, 1.165) is 30.6 Å². The zero-order chi connectivity index (χ0) is 15.6. The van der Waals surface area contributed by atoms with Gasteiger partial charge in [-0.2, -0.15) is 5.48 Å². The number of aliphatic hydroxyl groups is 1. The fraction of sp³-hybridized carbons (Fsp3) is 1.00. The molecule has 2 unspecified atom stereocenters. The fourth-order valence-electron chi connectivity index (χ4n) is 7.49. The first-order valence-corrected chi connectivity index (χ1v) is 9.58. The summed E-state index contributed by atoms with van der Waals surface area (Å²) in [5, 5.41) is 20.4. The molecule has 0 aromatic heterocycles. The van der Waals surface area contributed by atoms with E-state index in [4.69, 9.17) is 0 Å². The van der Waals surface area contributed by atoms with Crippen LogP contribution in [0, 0.1) is 34.5 Å². The van der Waals surface area contributed by atoms with Crippen LogP contribution in [0.1, 0.15) is 78.1 Å². The molecule has 3 heteroatoms. The summed E-state index contributed by atoms with van der Waals surface area (Å²) in [4.78, 5) is 0. The molecule has 4 saturated carbocycles. The zero-order valence-electron chi connectivity index (χ0n) is 14.3. The van der Waals surface area contributed by atoms with Crippen molar-refractivity contribution in [3.63, 3.8) is 0 Å². The fourth-order valence-corrected chi connectivity index (χ4v) is 7.49. The highest BCUT2D eigenvalue weighted by molar-refractivity contribution is 5.12. The van der Waals surface area contributed by atoms with E-state index in [1.165, 1.54) is 44.9 Å². The summed E-state index contributed by atoms with van der Waals surface area (Å²) in [5.41, 5.74) is 1.63. The van der Waals surface area contributed by atoms with Crippen LogP contribution in [0.25, 0.3) is 0 Å². The lowest BCUT2D eigenvalue weighted by Gasteiger charge is -2.61. The number of rotatable bonds is 1. The highest BCUT2D eigenvalue weighted by Gasteiger charge is 2.64. The van der Waals surface area contributed by atoms with Gasteiger partial charge in [-0.05, 0) is 80.5 Å². The van der Waals surface area contributed by atoms with Crippen LogP contribution in [0.4, 0.5) is 0 Å². The Morgan fingerprint density at radius 1 is 0.864 bits per heavy atom. The summed E-state index contributed by atoms with van der Waals surface area (Å²) in [5.74, 6) is 3.14. The Kier molecular flexibility index (Phi) is 3.46. The quantitative estimate of drug-likeness (QED) is 0.505. The lowest BCUT2D eigenvalue weighted by molar-refractivity contribution is -0.198. The molecule has 0 aromatic carbocycles. The minimum atomic E-state index is -1.06. The van der Waals surface area contributed by atoms with Crippen LogP contribution < -0.4 is 5.48 Å². The Labute approximate surface area is 134 Å². The van der Waals surface area contributed by atoms with Gasteiger partial charge < -0.3 is 10.3 Å². The largest absolute Gasteiger partial charge is 0.373 e. The van der Waals surface area contributed by atoms with Gasteiger partial charge in [-0.1, -0.05) is 26.7 Å².